The van der Waals surface area contributed by atoms with Crippen LogP contribution in [0.15, 0.2) is 77.6 Å². The lowest BCUT2D eigenvalue weighted by atomic mass is 9.99. The normalized spacial score (nSPS) is 15.1. The third kappa shape index (κ3) is 4.41. The minimum absolute atomic E-state index is 0.0257. The van der Waals surface area contributed by atoms with Crippen molar-refractivity contribution in [3.63, 3.8) is 0 Å². The summed E-state index contributed by atoms with van der Waals surface area (Å²) >= 11 is 0. The molecule has 2 aromatic carbocycles. The molecule has 3 heterocycles. The Kier molecular flexibility index (Phi) is 6.08. The van der Waals surface area contributed by atoms with E-state index < -0.39 is 0 Å². The third-order valence-electron chi connectivity index (χ3n) is 6.46. The van der Waals surface area contributed by atoms with E-state index in [-0.39, 0.29) is 36.0 Å². The first-order valence-electron chi connectivity index (χ1n) is 11.6. The molecule has 0 N–H and O–H groups in total. The highest BCUT2D eigenvalue weighted by Gasteiger charge is 2.26. The second-order valence-electron chi connectivity index (χ2n) is 8.55. The van der Waals surface area contributed by atoms with Crippen LogP contribution in [0.25, 0.3) is 5.57 Å². The summed E-state index contributed by atoms with van der Waals surface area (Å²) in [4.78, 5) is 41.7. The largest absolute Gasteiger partial charge is 0.339 e. The standard InChI is InChI=1S/C27H26N4O3/c32-25(29-16-12-21(13-17-29)20-6-2-1-3-7-20)15-19-31-26(33)11-10-23(28-31)27(34)30-18-14-22-8-4-5-9-24(22)30/h1-12H,13-19H2. The SMILES string of the molecule is O=C(CCn1nc(C(=O)N2CCc3ccccc32)ccc1=O)N1CC=C(c2ccccc2)CC1. The number of carbonyl (C=O) groups is 2. The lowest BCUT2D eigenvalue weighted by Gasteiger charge is -2.27. The Morgan fingerprint density at radius 3 is 2.47 bits per heavy atom. The fourth-order valence-corrected chi connectivity index (χ4v) is 4.58. The van der Waals surface area contributed by atoms with Gasteiger partial charge in [0.05, 0.1) is 6.54 Å². The number of rotatable bonds is 5. The average molecular weight is 455 g/mol. The summed E-state index contributed by atoms with van der Waals surface area (Å²) in [6.07, 6.45) is 3.85. The fraction of sp³-hybridized carbons (Fsp3) is 0.259. The highest BCUT2D eigenvalue weighted by Crippen LogP contribution is 2.28. The van der Waals surface area contributed by atoms with Crippen molar-refractivity contribution < 1.29 is 9.59 Å². The van der Waals surface area contributed by atoms with E-state index in [0.29, 0.717) is 19.6 Å². The summed E-state index contributed by atoms with van der Waals surface area (Å²) in [6.45, 7) is 1.93. The Hall–Kier alpha value is -4.00. The van der Waals surface area contributed by atoms with Gasteiger partial charge in [-0.05, 0) is 41.7 Å². The molecule has 5 rings (SSSR count). The first kappa shape index (κ1) is 21.8. The van der Waals surface area contributed by atoms with Crippen LogP contribution in [-0.2, 0) is 17.8 Å². The Morgan fingerprint density at radius 2 is 1.68 bits per heavy atom. The molecule has 2 aliphatic heterocycles. The van der Waals surface area contributed by atoms with Gasteiger partial charge in [-0.15, -0.1) is 0 Å². The summed E-state index contributed by atoms with van der Waals surface area (Å²) in [6, 6.07) is 20.8. The molecule has 34 heavy (non-hydrogen) atoms. The number of para-hydroxylation sites is 1. The van der Waals surface area contributed by atoms with Gasteiger partial charge in [0.2, 0.25) is 5.91 Å². The maximum absolute atomic E-state index is 13.1. The number of anilines is 1. The second-order valence-corrected chi connectivity index (χ2v) is 8.55. The summed E-state index contributed by atoms with van der Waals surface area (Å²) < 4.78 is 1.22. The molecular formula is C27H26N4O3. The van der Waals surface area contributed by atoms with Crippen LogP contribution in [0.3, 0.4) is 0 Å². The van der Waals surface area contributed by atoms with Crippen molar-refractivity contribution in [3.8, 4) is 0 Å². The molecule has 7 heteroatoms. The zero-order valence-electron chi connectivity index (χ0n) is 18.9. The summed E-state index contributed by atoms with van der Waals surface area (Å²) in [5, 5.41) is 4.29. The number of benzene rings is 2. The lowest BCUT2D eigenvalue weighted by Crippen LogP contribution is -2.36. The zero-order chi connectivity index (χ0) is 23.5. The predicted molar refractivity (Wildman–Crippen MR) is 131 cm³/mol. The van der Waals surface area contributed by atoms with E-state index in [1.165, 1.54) is 28.0 Å². The summed E-state index contributed by atoms with van der Waals surface area (Å²) in [5.41, 5.74) is 4.33. The van der Waals surface area contributed by atoms with E-state index in [9.17, 15) is 14.4 Å². The molecule has 0 radical (unpaired) electrons. The second kappa shape index (κ2) is 9.47. The Balaban J connectivity index is 1.23. The number of aryl methyl sites for hydroxylation is 1. The number of carbonyl (C=O) groups excluding carboxylic acids is 2. The van der Waals surface area contributed by atoms with Gasteiger partial charge < -0.3 is 9.80 Å². The molecule has 0 saturated heterocycles. The number of hydrogen-bond donors (Lipinski definition) is 0. The minimum atomic E-state index is -0.323. The van der Waals surface area contributed by atoms with Crippen molar-refractivity contribution in [3.05, 3.63) is 100.0 Å². The highest BCUT2D eigenvalue weighted by molar-refractivity contribution is 6.05. The number of hydrogen-bond acceptors (Lipinski definition) is 4. The van der Waals surface area contributed by atoms with Gasteiger partial charge in [-0.2, -0.15) is 5.10 Å². The Bertz CT molecular complexity index is 1310. The number of amides is 2. The molecule has 0 saturated carbocycles. The molecule has 0 unspecified atom stereocenters. The van der Waals surface area contributed by atoms with Crippen molar-refractivity contribution in [2.24, 2.45) is 0 Å². The molecule has 172 valence electrons. The smallest absolute Gasteiger partial charge is 0.278 e. The molecule has 0 spiro atoms. The van der Waals surface area contributed by atoms with Gasteiger partial charge in [0.25, 0.3) is 11.5 Å². The quantitative estimate of drug-likeness (QED) is 0.594. The Labute approximate surface area is 197 Å². The molecule has 2 aliphatic rings. The topological polar surface area (TPSA) is 75.5 Å². The minimum Gasteiger partial charge on any atom is -0.339 e. The van der Waals surface area contributed by atoms with Gasteiger partial charge in [0.15, 0.2) is 0 Å². The monoisotopic (exact) mass is 454 g/mol. The van der Waals surface area contributed by atoms with Crippen LogP contribution in [0, 0.1) is 0 Å². The van der Waals surface area contributed by atoms with E-state index in [0.717, 1.165) is 24.1 Å². The molecule has 0 fully saturated rings. The molecule has 1 aromatic heterocycles. The van der Waals surface area contributed by atoms with Gasteiger partial charge in [-0.1, -0.05) is 54.6 Å². The fourth-order valence-electron chi connectivity index (χ4n) is 4.58. The van der Waals surface area contributed by atoms with Crippen LogP contribution in [-0.4, -0.2) is 46.1 Å². The van der Waals surface area contributed by atoms with E-state index in [1.54, 1.807) is 9.80 Å². The number of fused-ring (bicyclic) bond motifs is 1. The Morgan fingerprint density at radius 1 is 0.882 bits per heavy atom. The van der Waals surface area contributed by atoms with Crippen molar-refractivity contribution in [1.82, 2.24) is 14.7 Å². The molecular weight excluding hydrogens is 428 g/mol. The van der Waals surface area contributed by atoms with Gasteiger partial charge in [0, 0.05) is 37.8 Å². The van der Waals surface area contributed by atoms with Crippen LogP contribution in [0.2, 0.25) is 0 Å². The molecule has 0 bridgehead atoms. The highest BCUT2D eigenvalue weighted by atomic mass is 16.2. The van der Waals surface area contributed by atoms with Crippen molar-refractivity contribution >= 4 is 23.1 Å². The van der Waals surface area contributed by atoms with E-state index in [4.69, 9.17) is 0 Å². The zero-order valence-corrected chi connectivity index (χ0v) is 18.9. The number of aromatic nitrogens is 2. The third-order valence-corrected chi connectivity index (χ3v) is 6.46. The molecule has 3 aromatic rings. The van der Waals surface area contributed by atoms with Crippen LogP contribution in [0.1, 0.15) is 34.5 Å². The first-order chi connectivity index (χ1) is 16.6. The first-order valence-corrected chi connectivity index (χ1v) is 11.6. The van der Waals surface area contributed by atoms with E-state index >= 15 is 0 Å². The number of nitrogens with zero attached hydrogens (tertiary/aromatic N) is 4. The van der Waals surface area contributed by atoms with Gasteiger partial charge in [0.1, 0.15) is 5.69 Å². The van der Waals surface area contributed by atoms with Gasteiger partial charge >= 0.3 is 0 Å². The van der Waals surface area contributed by atoms with Gasteiger partial charge in [-0.25, -0.2) is 4.68 Å². The predicted octanol–water partition coefficient (Wildman–Crippen LogP) is 3.15. The molecule has 0 aliphatic carbocycles. The van der Waals surface area contributed by atoms with Crippen LogP contribution >= 0.6 is 0 Å². The maximum Gasteiger partial charge on any atom is 0.278 e. The van der Waals surface area contributed by atoms with Crippen LogP contribution < -0.4 is 10.5 Å². The van der Waals surface area contributed by atoms with Crippen molar-refractivity contribution in [2.75, 3.05) is 24.5 Å². The maximum atomic E-state index is 13.1. The van der Waals surface area contributed by atoms with Crippen LogP contribution in [0.4, 0.5) is 5.69 Å². The van der Waals surface area contributed by atoms with Crippen LogP contribution in [0.5, 0.6) is 0 Å². The van der Waals surface area contributed by atoms with Crippen molar-refractivity contribution in [2.45, 2.75) is 25.8 Å². The lowest BCUT2D eigenvalue weighted by molar-refractivity contribution is -0.131. The summed E-state index contributed by atoms with van der Waals surface area (Å²) in [5.74, 6) is -0.262. The van der Waals surface area contributed by atoms with E-state index in [1.807, 2.05) is 42.5 Å². The molecule has 7 nitrogen and oxygen atoms in total. The van der Waals surface area contributed by atoms with E-state index in [2.05, 4.69) is 23.3 Å². The summed E-state index contributed by atoms with van der Waals surface area (Å²) in [7, 11) is 0. The molecule has 2 amide bonds. The average Bonchev–Trinajstić information content (AvgIpc) is 3.32. The van der Waals surface area contributed by atoms with Gasteiger partial charge in [-0.3, -0.25) is 14.4 Å². The van der Waals surface area contributed by atoms with Crippen molar-refractivity contribution in [1.29, 1.82) is 0 Å². The molecule has 0 atom stereocenters.